The van der Waals surface area contributed by atoms with Crippen molar-refractivity contribution >= 4 is 11.8 Å². The van der Waals surface area contributed by atoms with Crippen molar-refractivity contribution in [1.29, 1.82) is 0 Å². The van der Waals surface area contributed by atoms with Crippen LogP contribution in [0.25, 0.3) is 0 Å². The first-order valence-corrected chi connectivity index (χ1v) is 8.17. The Bertz CT molecular complexity index is 621. The summed E-state index contributed by atoms with van der Waals surface area (Å²) in [4.78, 5) is 11.6. The second-order valence-corrected chi connectivity index (χ2v) is 5.84. The molecule has 0 amide bonds. The molecule has 21 heavy (non-hydrogen) atoms. The van der Waals surface area contributed by atoms with E-state index in [0.29, 0.717) is 13.2 Å². The summed E-state index contributed by atoms with van der Waals surface area (Å²) in [5.74, 6) is 1.66. The fourth-order valence-corrected chi connectivity index (χ4v) is 2.72. The third kappa shape index (κ3) is 4.39. The zero-order valence-electron chi connectivity index (χ0n) is 12.5. The average Bonchev–Trinajstić information content (AvgIpc) is 2.83. The molecular formula is C15H21N3O2S. The van der Waals surface area contributed by atoms with E-state index in [1.165, 1.54) is 11.8 Å². The highest BCUT2D eigenvalue weighted by Gasteiger charge is 2.08. The van der Waals surface area contributed by atoms with Gasteiger partial charge in [0.1, 0.15) is 5.75 Å². The number of nitrogens with zero attached hydrogens (tertiary/aromatic N) is 2. The molecule has 1 aromatic heterocycles. The maximum absolute atomic E-state index is 11.6. The Morgan fingerprint density at radius 3 is 2.95 bits per heavy atom. The minimum absolute atomic E-state index is 0.134. The summed E-state index contributed by atoms with van der Waals surface area (Å²) in [5.41, 5.74) is 0.993. The molecule has 0 saturated carbocycles. The molecule has 0 bridgehead atoms. The first kappa shape index (κ1) is 15.7. The molecular weight excluding hydrogens is 286 g/mol. The molecule has 2 aromatic rings. The van der Waals surface area contributed by atoms with E-state index >= 15 is 0 Å². The highest BCUT2D eigenvalue weighted by Crippen LogP contribution is 2.18. The first-order valence-electron chi connectivity index (χ1n) is 7.18. The zero-order chi connectivity index (χ0) is 15.1. The molecule has 1 heterocycles. The molecule has 114 valence electrons. The third-order valence-corrected chi connectivity index (χ3v) is 4.06. The van der Waals surface area contributed by atoms with Gasteiger partial charge in [0.25, 0.3) is 0 Å². The van der Waals surface area contributed by atoms with Gasteiger partial charge in [0.15, 0.2) is 5.16 Å². The summed E-state index contributed by atoms with van der Waals surface area (Å²) in [6, 6.07) is 7.95. The molecule has 0 aliphatic heterocycles. The van der Waals surface area contributed by atoms with E-state index in [4.69, 9.17) is 4.74 Å². The zero-order valence-corrected chi connectivity index (χ0v) is 13.3. The standard InChI is InChI=1S/C15H21N3O2S/c1-3-4-9-18-14(19)16-17-15(18)21-11-10-20-13-8-6-5-7-12(13)2/h5-8H,3-4,9-11H2,1-2H3,(H,16,19). The third-order valence-electron chi connectivity index (χ3n) is 3.12. The molecule has 0 spiro atoms. The Hall–Kier alpha value is -1.69. The predicted molar refractivity (Wildman–Crippen MR) is 85.2 cm³/mol. The van der Waals surface area contributed by atoms with E-state index in [0.717, 1.165) is 35.1 Å². The second kappa shape index (κ2) is 7.93. The number of hydrogen-bond donors (Lipinski definition) is 1. The Kier molecular flexibility index (Phi) is 5.92. The van der Waals surface area contributed by atoms with E-state index in [-0.39, 0.29) is 5.69 Å². The molecule has 0 atom stereocenters. The number of para-hydroxylation sites is 1. The number of aromatic nitrogens is 3. The van der Waals surface area contributed by atoms with Crippen LogP contribution in [0.1, 0.15) is 25.3 Å². The number of benzene rings is 1. The van der Waals surface area contributed by atoms with Crippen molar-refractivity contribution < 1.29 is 4.74 Å². The van der Waals surface area contributed by atoms with Gasteiger partial charge in [-0.25, -0.2) is 9.89 Å². The fraction of sp³-hybridized carbons (Fsp3) is 0.467. The highest BCUT2D eigenvalue weighted by atomic mass is 32.2. The summed E-state index contributed by atoms with van der Waals surface area (Å²) in [6.45, 7) is 5.43. The lowest BCUT2D eigenvalue weighted by molar-refractivity contribution is 0.341. The SMILES string of the molecule is CCCCn1c(SCCOc2ccccc2C)n[nH]c1=O. The van der Waals surface area contributed by atoms with Crippen molar-refractivity contribution in [3.05, 3.63) is 40.3 Å². The van der Waals surface area contributed by atoms with Gasteiger partial charge in [-0.1, -0.05) is 43.3 Å². The lowest BCUT2D eigenvalue weighted by Gasteiger charge is -2.08. The second-order valence-electron chi connectivity index (χ2n) is 4.78. The summed E-state index contributed by atoms with van der Waals surface area (Å²) < 4.78 is 7.44. The minimum atomic E-state index is -0.134. The lowest BCUT2D eigenvalue weighted by atomic mass is 10.2. The van der Waals surface area contributed by atoms with Crippen LogP contribution in [-0.4, -0.2) is 27.1 Å². The summed E-state index contributed by atoms with van der Waals surface area (Å²) in [5, 5.41) is 7.31. The van der Waals surface area contributed by atoms with Gasteiger partial charge in [0.05, 0.1) is 6.61 Å². The van der Waals surface area contributed by atoms with E-state index in [1.54, 1.807) is 4.57 Å². The van der Waals surface area contributed by atoms with Gasteiger partial charge >= 0.3 is 5.69 Å². The first-order chi connectivity index (χ1) is 10.2. The van der Waals surface area contributed by atoms with Crippen LogP contribution in [0.15, 0.2) is 34.2 Å². The van der Waals surface area contributed by atoms with Crippen molar-refractivity contribution in [1.82, 2.24) is 14.8 Å². The van der Waals surface area contributed by atoms with Crippen LogP contribution in [-0.2, 0) is 6.54 Å². The van der Waals surface area contributed by atoms with Crippen LogP contribution in [0.3, 0.4) is 0 Å². The van der Waals surface area contributed by atoms with Crippen molar-refractivity contribution in [2.75, 3.05) is 12.4 Å². The van der Waals surface area contributed by atoms with Gasteiger partial charge < -0.3 is 4.74 Å². The number of rotatable bonds is 8. The Balaban J connectivity index is 1.84. The molecule has 0 unspecified atom stereocenters. The van der Waals surface area contributed by atoms with Crippen molar-refractivity contribution in [2.45, 2.75) is 38.4 Å². The van der Waals surface area contributed by atoms with Crippen LogP contribution >= 0.6 is 11.8 Å². The van der Waals surface area contributed by atoms with Crippen LogP contribution in [0.2, 0.25) is 0 Å². The van der Waals surface area contributed by atoms with Crippen molar-refractivity contribution in [2.24, 2.45) is 0 Å². The number of hydrogen-bond acceptors (Lipinski definition) is 4. The van der Waals surface area contributed by atoms with Gasteiger partial charge in [0, 0.05) is 12.3 Å². The normalized spacial score (nSPS) is 10.8. The number of nitrogens with one attached hydrogen (secondary N) is 1. The van der Waals surface area contributed by atoms with Gasteiger partial charge in [0.2, 0.25) is 0 Å². The molecule has 0 fully saturated rings. The van der Waals surface area contributed by atoms with E-state index in [1.807, 2.05) is 31.2 Å². The summed E-state index contributed by atoms with van der Waals surface area (Å²) >= 11 is 1.54. The molecule has 1 aromatic carbocycles. The molecule has 0 radical (unpaired) electrons. The van der Waals surface area contributed by atoms with Crippen LogP contribution < -0.4 is 10.4 Å². The largest absolute Gasteiger partial charge is 0.492 e. The van der Waals surface area contributed by atoms with Gasteiger partial charge in [-0.3, -0.25) is 4.57 Å². The number of ether oxygens (including phenoxy) is 1. The molecule has 2 rings (SSSR count). The monoisotopic (exact) mass is 307 g/mol. The van der Waals surface area contributed by atoms with Gasteiger partial charge in [-0.15, -0.1) is 5.10 Å². The lowest BCUT2D eigenvalue weighted by Crippen LogP contribution is -2.17. The number of aryl methyl sites for hydroxylation is 1. The number of thioether (sulfide) groups is 1. The molecule has 0 aliphatic rings. The Morgan fingerprint density at radius 2 is 2.19 bits per heavy atom. The average molecular weight is 307 g/mol. The quantitative estimate of drug-likeness (QED) is 0.602. The molecule has 5 nitrogen and oxygen atoms in total. The number of H-pyrrole nitrogens is 1. The number of unbranched alkanes of at least 4 members (excludes halogenated alkanes) is 1. The summed E-state index contributed by atoms with van der Waals surface area (Å²) in [7, 11) is 0. The van der Waals surface area contributed by atoms with E-state index in [9.17, 15) is 4.79 Å². The Morgan fingerprint density at radius 1 is 1.38 bits per heavy atom. The van der Waals surface area contributed by atoms with Gasteiger partial charge in [-0.2, -0.15) is 0 Å². The van der Waals surface area contributed by atoms with Gasteiger partial charge in [-0.05, 0) is 25.0 Å². The predicted octanol–water partition coefficient (Wildman–Crippen LogP) is 2.85. The highest BCUT2D eigenvalue weighted by molar-refractivity contribution is 7.99. The van der Waals surface area contributed by atoms with Crippen molar-refractivity contribution in [3.63, 3.8) is 0 Å². The van der Waals surface area contributed by atoms with Crippen LogP contribution in [0.4, 0.5) is 0 Å². The molecule has 0 saturated heterocycles. The van der Waals surface area contributed by atoms with E-state index in [2.05, 4.69) is 17.1 Å². The molecule has 6 heteroatoms. The van der Waals surface area contributed by atoms with E-state index < -0.39 is 0 Å². The molecule has 1 N–H and O–H groups in total. The number of aromatic amines is 1. The maximum atomic E-state index is 11.6. The smallest absolute Gasteiger partial charge is 0.343 e. The maximum Gasteiger partial charge on any atom is 0.343 e. The fourth-order valence-electron chi connectivity index (χ4n) is 1.93. The Labute approximate surface area is 128 Å². The minimum Gasteiger partial charge on any atom is -0.492 e. The topological polar surface area (TPSA) is 59.9 Å². The van der Waals surface area contributed by atoms with Crippen molar-refractivity contribution in [3.8, 4) is 5.75 Å². The summed E-state index contributed by atoms with van der Waals surface area (Å²) in [6.07, 6.45) is 2.03. The molecule has 0 aliphatic carbocycles. The van der Waals surface area contributed by atoms with Crippen LogP contribution in [0.5, 0.6) is 5.75 Å². The van der Waals surface area contributed by atoms with Crippen LogP contribution in [0, 0.1) is 6.92 Å².